The predicted molar refractivity (Wildman–Crippen MR) is 66.0 cm³/mol. The first kappa shape index (κ1) is 11.2. The number of nitrogens with zero attached hydrogens (tertiary/aromatic N) is 1. The summed E-state index contributed by atoms with van der Waals surface area (Å²) in [5.41, 5.74) is 3.65. The van der Waals surface area contributed by atoms with Crippen molar-refractivity contribution in [1.29, 1.82) is 0 Å². The molecule has 2 rings (SSSR count). The summed E-state index contributed by atoms with van der Waals surface area (Å²) in [6, 6.07) is 6.92. The highest BCUT2D eigenvalue weighted by atomic mass is 16.6. The summed E-state index contributed by atoms with van der Waals surface area (Å²) in [5, 5.41) is 1.24. The lowest BCUT2D eigenvalue weighted by molar-refractivity contribution is 0.125. The smallest absolute Gasteiger partial charge is 0.0950 e. The van der Waals surface area contributed by atoms with E-state index >= 15 is 0 Å². The molecule has 2 aromatic rings. The van der Waals surface area contributed by atoms with Crippen molar-refractivity contribution in [2.75, 3.05) is 0 Å². The molecule has 3 heteroatoms. The van der Waals surface area contributed by atoms with E-state index < -0.39 is 0 Å². The van der Waals surface area contributed by atoms with Gasteiger partial charge < -0.3 is 4.57 Å². The third-order valence-electron chi connectivity index (χ3n) is 2.87. The Bertz CT molecular complexity index is 500. The van der Waals surface area contributed by atoms with Crippen LogP contribution >= 0.6 is 0 Å². The minimum Gasteiger partial charge on any atom is -0.345 e. The third kappa shape index (κ3) is 1.84. The molecular formula is C13H18N2O. The fourth-order valence-corrected chi connectivity index (χ4v) is 2.07. The third-order valence-corrected chi connectivity index (χ3v) is 2.87. The van der Waals surface area contributed by atoms with Gasteiger partial charge in [-0.25, -0.2) is 5.90 Å². The fourth-order valence-electron chi connectivity index (χ4n) is 2.07. The zero-order valence-corrected chi connectivity index (χ0v) is 10.0. The number of hydrogen-bond acceptors (Lipinski definition) is 2. The summed E-state index contributed by atoms with van der Waals surface area (Å²) >= 11 is 0. The second kappa shape index (κ2) is 4.28. The van der Waals surface area contributed by atoms with Crippen molar-refractivity contribution in [3.63, 3.8) is 0 Å². The number of aryl methyl sites for hydroxylation is 1. The Labute approximate surface area is 95.8 Å². The van der Waals surface area contributed by atoms with E-state index in [2.05, 4.69) is 49.7 Å². The van der Waals surface area contributed by atoms with Crippen molar-refractivity contribution >= 4 is 10.9 Å². The lowest BCUT2D eigenvalue weighted by atomic mass is 10.1. The zero-order chi connectivity index (χ0) is 11.7. The largest absolute Gasteiger partial charge is 0.345 e. The molecule has 1 aromatic carbocycles. The van der Waals surface area contributed by atoms with Gasteiger partial charge in [-0.15, -0.1) is 0 Å². The molecule has 86 valence electrons. The molecule has 0 aliphatic carbocycles. The maximum atomic E-state index is 5.17. The summed E-state index contributed by atoms with van der Waals surface area (Å²) in [6.07, 6.45) is 2.13. The van der Waals surface area contributed by atoms with Crippen LogP contribution in [0, 0.1) is 6.92 Å². The van der Waals surface area contributed by atoms with E-state index in [9.17, 15) is 0 Å². The van der Waals surface area contributed by atoms with Gasteiger partial charge in [0.1, 0.15) is 0 Å². The van der Waals surface area contributed by atoms with E-state index in [1.807, 2.05) is 0 Å². The minimum atomic E-state index is 0.441. The van der Waals surface area contributed by atoms with Gasteiger partial charge in [0.15, 0.2) is 0 Å². The molecule has 2 N–H and O–H groups in total. The van der Waals surface area contributed by atoms with Crippen LogP contribution in [0.1, 0.15) is 31.0 Å². The van der Waals surface area contributed by atoms with Crippen LogP contribution in [-0.4, -0.2) is 4.57 Å². The molecule has 0 aliphatic rings. The van der Waals surface area contributed by atoms with Crippen LogP contribution in [0.15, 0.2) is 24.4 Å². The highest BCUT2D eigenvalue weighted by Crippen LogP contribution is 2.26. The summed E-state index contributed by atoms with van der Waals surface area (Å²) in [4.78, 5) is 4.76. The van der Waals surface area contributed by atoms with Crippen molar-refractivity contribution in [3.8, 4) is 0 Å². The molecule has 0 atom stereocenters. The van der Waals surface area contributed by atoms with E-state index in [-0.39, 0.29) is 0 Å². The molecule has 0 radical (unpaired) electrons. The first-order chi connectivity index (χ1) is 7.63. The average Bonchev–Trinajstić information content (AvgIpc) is 2.58. The number of fused-ring (bicyclic) bond motifs is 1. The maximum absolute atomic E-state index is 5.17. The van der Waals surface area contributed by atoms with Gasteiger partial charge >= 0.3 is 0 Å². The molecular weight excluding hydrogens is 200 g/mol. The number of benzene rings is 1. The summed E-state index contributed by atoms with van der Waals surface area (Å²) in [5.74, 6) is 5.17. The van der Waals surface area contributed by atoms with Crippen molar-refractivity contribution in [1.82, 2.24) is 4.57 Å². The molecule has 3 nitrogen and oxygen atoms in total. The summed E-state index contributed by atoms with van der Waals surface area (Å²) in [6.45, 7) is 6.90. The lowest BCUT2D eigenvalue weighted by Crippen LogP contribution is -1.99. The Morgan fingerprint density at radius 1 is 1.38 bits per heavy atom. The maximum Gasteiger partial charge on any atom is 0.0950 e. The van der Waals surface area contributed by atoms with Crippen molar-refractivity contribution in [3.05, 3.63) is 35.5 Å². The van der Waals surface area contributed by atoms with Gasteiger partial charge in [0.25, 0.3) is 0 Å². The van der Waals surface area contributed by atoms with E-state index in [0.717, 1.165) is 5.56 Å². The van der Waals surface area contributed by atoms with Gasteiger partial charge in [0.2, 0.25) is 0 Å². The van der Waals surface area contributed by atoms with E-state index in [1.165, 1.54) is 16.5 Å². The second-order valence-corrected chi connectivity index (χ2v) is 4.49. The number of nitrogens with two attached hydrogens (primary N) is 1. The van der Waals surface area contributed by atoms with Crippen LogP contribution in [0.4, 0.5) is 0 Å². The molecule has 0 saturated heterocycles. The topological polar surface area (TPSA) is 40.2 Å². The Morgan fingerprint density at radius 2 is 2.12 bits per heavy atom. The number of aromatic nitrogens is 1. The number of hydrogen-bond donors (Lipinski definition) is 1. The predicted octanol–water partition coefficient (Wildman–Crippen LogP) is 2.92. The van der Waals surface area contributed by atoms with Gasteiger partial charge in [-0.2, -0.15) is 0 Å². The molecule has 0 fully saturated rings. The Hall–Kier alpha value is -1.32. The zero-order valence-electron chi connectivity index (χ0n) is 10.0. The monoisotopic (exact) mass is 218 g/mol. The molecule has 0 amide bonds. The molecule has 0 spiro atoms. The molecule has 16 heavy (non-hydrogen) atoms. The molecule has 1 aromatic heterocycles. The Balaban J connectivity index is 2.66. The molecule has 1 heterocycles. The first-order valence-electron chi connectivity index (χ1n) is 5.55. The van der Waals surface area contributed by atoms with Gasteiger partial charge in [-0.05, 0) is 32.9 Å². The van der Waals surface area contributed by atoms with Gasteiger partial charge in [-0.3, -0.25) is 4.84 Å². The second-order valence-electron chi connectivity index (χ2n) is 4.49. The van der Waals surface area contributed by atoms with Crippen LogP contribution in [-0.2, 0) is 11.4 Å². The highest BCUT2D eigenvalue weighted by molar-refractivity contribution is 5.84. The number of rotatable bonds is 3. The molecule has 0 saturated carbocycles. The normalized spacial score (nSPS) is 11.6. The van der Waals surface area contributed by atoms with Crippen molar-refractivity contribution < 1.29 is 4.84 Å². The average molecular weight is 218 g/mol. The Morgan fingerprint density at radius 3 is 2.75 bits per heavy atom. The lowest BCUT2D eigenvalue weighted by Gasteiger charge is -2.08. The molecule has 0 unspecified atom stereocenters. The van der Waals surface area contributed by atoms with Gasteiger partial charge in [0.05, 0.1) is 6.61 Å². The van der Waals surface area contributed by atoms with E-state index in [4.69, 9.17) is 10.7 Å². The minimum absolute atomic E-state index is 0.441. The van der Waals surface area contributed by atoms with Crippen LogP contribution in [0.2, 0.25) is 0 Å². The summed E-state index contributed by atoms with van der Waals surface area (Å²) < 4.78 is 2.25. The SMILES string of the molecule is Cc1ccc2c(c1)c(CON)cn2C(C)C. The van der Waals surface area contributed by atoms with E-state index in [0.29, 0.717) is 12.6 Å². The fraction of sp³-hybridized carbons (Fsp3) is 0.385. The Kier molecular flexibility index (Phi) is 2.99. The van der Waals surface area contributed by atoms with Crippen LogP contribution in [0.25, 0.3) is 10.9 Å². The quantitative estimate of drug-likeness (QED) is 0.805. The van der Waals surface area contributed by atoms with Gasteiger partial charge in [-0.1, -0.05) is 11.6 Å². The molecule has 0 aliphatic heterocycles. The first-order valence-corrected chi connectivity index (χ1v) is 5.55. The van der Waals surface area contributed by atoms with Gasteiger partial charge in [0, 0.05) is 28.7 Å². The molecule has 0 bridgehead atoms. The van der Waals surface area contributed by atoms with Crippen molar-refractivity contribution in [2.24, 2.45) is 5.90 Å². The van der Waals surface area contributed by atoms with Crippen molar-refractivity contribution in [2.45, 2.75) is 33.4 Å². The highest BCUT2D eigenvalue weighted by Gasteiger charge is 2.10. The van der Waals surface area contributed by atoms with E-state index in [1.54, 1.807) is 0 Å². The van der Waals surface area contributed by atoms with Crippen LogP contribution < -0.4 is 5.90 Å². The van der Waals surface area contributed by atoms with Crippen LogP contribution in [0.5, 0.6) is 0 Å². The van der Waals surface area contributed by atoms with Crippen LogP contribution in [0.3, 0.4) is 0 Å². The summed E-state index contributed by atoms with van der Waals surface area (Å²) in [7, 11) is 0. The standard InChI is InChI=1S/C13H18N2O/c1-9(2)15-7-11(8-16-14)12-6-10(3)4-5-13(12)15/h4-7,9H,8,14H2,1-3H3.